The molecule has 0 radical (unpaired) electrons. The Bertz CT molecular complexity index is 796. The number of anilines is 1. The number of benzene rings is 2. The molecule has 0 aliphatic carbocycles. The highest BCUT2D eigenvalue weighted by molar-refractivity contribution is 7.98. The van der Waals surface area contributed by atoms with Gasteiger partial charge in [-0.05, 0) is 54.8 Å². The summed E-state index contributed by atoms with van der Waals surface area (Å²) in [5.41, 5.74) is 1.87. The average molecular weight is 300 g/mol. The van der Waals surface area contributed by atoms with Crippen LogP contribution in [0.5, 0.6) is 0 Å². The number of fused-ring (bicyclic) bond motifs is 1. The second-order valence-corrected chi connectivity index (χ2v) is 5.48. The van der Waals surface area contributed by atoms with Crippen LogP contribution in [0.1, 0.15) is 10.5 Å². The molecule has 5 heteroatoms. The van der Waals surface area contributed by atoms with Gasteiger partial charge in [0.1, 0.15) is 11.5 Å². The van der Waals surface area contributed by atoms with Gasteiger partial charge in [0.2, 0.25) is 0 Å². The molecule has 1 aromatic heterocycles. The number of thioether (sulfide) groups is 1. The predicted octanol–water partition coefficient (Wildman–Crippen LogP) is 4.28. The van der Waals surface area contributed by atoms with Crippen molar-refractivity contribution >= 4 is 34.3 Å². The van der Waals surface area contributed by atoms with Crippen LogP contribution in [-0.4, -0.2) is 17.1 Å². The van der Waals surface area contributed by atoms with Gasteiger partial charge in [0.05, 0.1) is 0 Å². The highest BCUT2D eigenvalue weighted by atomic mass is 32.2. The molecule has 1 heterocycles. The molecule has 3 rings (SSSR count). The number of aromatic amines is 1. The van der Waals surface area contributed by atoms with Crippen LogP contribution in [0.3, 0.4) is 0 Å². The topological polar surface area (TPSA) is 44.9 Å². The minimum Gasteiger partial charge on any atom is -0.351 e. The second kappa shape index (κ2) is 5.61. The quantitative estimate of drug-likeness (QED) is 0.709. The number of halogens is 1. The van der Waals surface area contributed by atoms with E-state index in [-0.39, 0.29) is 11.7 Å². The number of carbonyl (C=O) groups is 1. The van der Waals surface area contributed by atoms with Crippen LogP contribution in [0.2, 0.25) is 0 Å². The minimum atomic E-state index is -0.318. The lowest BCUT2D eigenvalue weighted by Crippen LogP contribution is -2.11. The van der Waals surface area contributed by atoms with Gasteiger partial charge in [0.15, 0.2) is 0 Å². The van der Waals surface area contributed by atoms with Crippen molar-refractivity contribution in [2.75, 3.05) is 11.6 Å². The van der Waals surface area contributed by atoms with Crippen molar-refractivity contribution in [2.24, 2.45) is 0 Å². The average Bonchev–Trinajstić information content (AvgIpc) is 2.91. The number of nitrogens with one attached hydrogen (secondary N) is 2. The van der Waals surface area contributed by atoms with Crippen LogP contribution >= 0.6 is 11.8 Å². The van der Waals surface area contributed by atoms with Crippen molar-refractivity contribution in [2.45, 2.75) is 4.90 Å². The first-order valence-electron chi connectivity index (χ1n) is 6.39. The van der Waals surface area contributed by atoms with E-state index in [1.165, 1.54) is 12.1 Å². The Hall–Kier alpha value is -2.27. The fraction of sp³-hybridized carbons (Fsp3) is 0.0625. The van der Waals surface area contributed by atoms with E-state index >= 15 is 0 Å². The van der Waals surface area contributed by atoms with Gasteiger partial charge in [-0.25, -0.2) is 4.39 Å². The van der Waals surface area contributed by atoms with E-state index in [9.17, 15) is 9.18 Å². The number of aromatic nitrogens is 1. The van der Waals surface area contributed by atoms with Gasteiger partial charge in [-0.1, -0.05) is 0 Å². The molecule has 0 unspecified atom stereocenters. The molecule has 0 atom stereocenters. The third-order valence-corrected chi connectivity index (χ3v) is 3.92. The van der Waals surface area contributed by atoms with Crippen LogP contribution in [0.4, 0.5) is 10.1 Å². The zero-order chi connectivity index (χ0) is 14.8. The highest BCUT2D eigenvalue weighted by Gasteiger charge is 2.10. The molecule has 0 bridgehead atoms. The molecular formula is C16H13FN2OS. The Morgan fingerprint density at radius 3 is 2.62 bits per heavy atom. The van der Waals surface area contributed by atoms with Crippen molar-refractivity contribution in [3.8, 4) is 0 Å². The third kappa shape index (κ3) is 2.92. The summed E-state index contributed by atoms with van der Waals surface area (Å²) in [7, 11) is 0. The lowest BCUT2D eigenvalue weighted by atomic mass is 10.2. The summed E-state index contributed by atoms with van der Waals surface area (Å²) >= 11 is 1.64. The molecule has 0 saturated heterocycles. The van der Waals surface area contributed by atoms with Crippen LogP contribution in [0.15, 0.2) is 53.4 Å². The molecule has 2 N–H and O–H groups in total. The number of rotatable bonds is 3. The van der Waals surface area contributed by atoms with Crippen molar-refractivity contribution in [1.82, 2.24) is 4.98 Å². The van der Waals surface area contributed by atoms with Gasteiger partial charge in [-0.2, -0.15) is 0 Å². The first-order valence-corrected chi connectivity index (χ1v) is 7.62. The van der Waals surface area contributed by atoms with Crippen LogP contribution in [-0.2, 0) is 0 Å². The normalized spacial score (nSPS) is 10.8. The smallest absolute Gasteiger partial charge is 0.272 e. The van der Waals surface area contributed by atoms with Gasteiger partial charge < -0.3 is 10.3 Å². The van der Waals surface area contributed by atoms with Gasteiger partial charge in [0.25, 0.3) is 5.91 Å². The maximum Gasteiger partial charge on any atom is 0.272 e. The molecule has 3 aromatic rings. The van der Waals surface area contributed by atoms with Gasteiger partial charge >= 0.3 is 0 Å². The number of amides is 1. The fourth-order valence-electron chi connectivity index (χ4n) is 2.10. The lowest BCUT2D eigenvalue weighted by molar-refractivity contribution is 0.102. The Labute approximate surface area is 125 Å². The van der Waals surface area contributed by atoms with E-state index < -0.39 is 0 Å². The summed E-state index contributed by atoms with van der Waals surface area (Å²) in [5.74, 6) is -0.565. The summed E-state index contributed by atoms with van der Waals surface area (Å²) < 4.78 is 13.1. The van der Waals surface area contributed by atoms with Gasteiger partial charge in [0, 0.05) is 21.5 Å². The molecule has 106 valence electrons. The SMILES string of the molecule is CSc1ccc(NC(=O)c2cc3cc(F)ccc3[nH]2)cc1. The molecule has 1 amide bonds. The van der Waals surface area contributed by atoms with Crippen LogP contribution in [0.25, 0.3) is 10.9 Å². The maximum absolute atomic E-state index is 13.1. The van der Waals surface area contributed by atoms with Crippen LogP contribution < -0.4 is 5.32 Å². The molecule has 0 fully saturated rings. The number of carbonyl (C=O) groups excluding carboxylic acids is 1. The second-order valence-electron chi connectivity index (χ2n) is 4.60. The zero-order valence-electron chi connectivity index (χ0n) is 11.3. The zero-order valence-corrected chi connectivity index (χ0v) is 12.1. The maximum atomic E-state index is 13.1. The predicted molar refractivity (Wildman–Crippen MR) is 84.4 cm³/mol. The van der Waals surface area contributed by atoms with E-state index in [0.29, 0.717) is 11.1 Å². The molecule has 0 spiro atoms. The highest BCUT2D eigenvalue weighted by Crippen LogP contribution is 2.20. The molecule has 3 nitrogen and oxygen atoms in total. The van der Waals surface area contributed by atoms with Crippen molar-refractivity contribution < 1.29 is 9.18 Å². The Morgan fingerprint density at radius 1 is 1.14 bits per heavy atom. The first kappa shape index (κ1) is 13.7. The summed E-state index contributed by atoms with van der Waals surface area (Å²) in [5, 5.41) is 3.49. The van der Waals surface area contributed by atoms with Gasteiger partial charge in [-0.3, -0.25) is 4.79 Å². The van der Waals surface area contributed by atoms with E-state index in [1.807, 2.05) is 30.5 Å². The number of hydrogen-bond acceptors (Lipinski definition) is 2. The largest absolute Gasteiger partial charge is 0.351 e. The third-order valence-electron chi connectivity index (χ3n) is 3.18. The summed E-state index contributed by atoms with van der Waals surface area (Å²) in [6.07, 6.45) is 2.00. The molecule has 0 aliphatic heterocycles. The molecule has 2 aromatic carbocycles. The molecule has 0 aliphatic rings. The number of H-pyrrole nitrogens is 1. The van der Waals surface area contributed by atoms with Crippen molar-refractivity contribution in [3.63, 3.8) is 0 Å². The Morgan fingerprint density at radius 2 is 1.90 bits per heavy atom. The standard InChI is InChI=1S/C16H13FN2OS/c1-21-13-5-3-12(4-6-13)18-16(20)15-9-10-8-11(17)2-7-14(10)19-15/h2-9,19H,1H3,(H,18,20). The summed E-state index contributed by atoms with van der Waals surface area (Å²) in [6, 6.07) is 13.6. The molecular weight excluding hydrogens is 287 g/mol. The molecule has 0 saturated carbocycles. The summed E-state index contributed by atoms with van der Waals surface area (Å²) in [4.78, 5) is 16.3. The van der Waals surface area contributed by atoms with E-state index in [2.05, 4.69) is 10.3 Å². The first-order chi connectivity index (χ1) is 10.2. The fourth-order valence-corrected chi connectivity index (χ4v) is 2.51. The van der Waals surface area contributed by atoms with E-state index in [1.54, 1.807) is 23.9 Å². The Kier molecular flexibility index (Phi) is 3.66. The van der Waals surface area contributed by atoms with Crippen LogP contribution in [0, 0.1) is 5.82 Å². The lowest BCUT2D eigenvalue weighted by Gasteiger charge is -2.04. The van der Waals surface area contributed by atoms with E-state index in [4.69, 9.17) is 0 Å². The Balaban J connectivity index is 1.82. The number of hydrogen-bond donors (Lipinski definition) is 2. The summed E-state index contributed by atoms with van der Waals surface area (Å²) in [6.45, 7) is 0. The van der Waals surface area contributed by atoms with Crippen molar-refractivity contribution in [1.29, 1.82) is 0 Å². The van der Waals surface area contributed by atoms with E-state index in [0.717, 1.165) is 16.1 Å². The molecule has 21 heavy (non-hydrogen) atoms. The van der Waals surface area contributed by atoms with Gasteiger partial charge in [-0.15, -0.1) is 11.8 Å². The minimum absolute atomic E-state index is 0.247. The van der Waals surface area contributed by atoms with Crippen molar-refractivity contribution in [3.05, 3.63) is 60.0 Å². The monoisotopic (exact) mass is 300 g/mol.